The molecule has 1 fully saturated rings. The number of aryl methyl sites for hydroxylation is 1. The van der Waals surface area contributed by atoms with Crippen molar-refractivity contribution in [1.29, 1.82) is 0 Å². The molecule has 154 valence electrons. The molecule has 2 nitrogen and oxygen atoms in total. The van der Waals surface area contributed by atoms with Crippen LogP contribution in [0.15, 0.2) is 42.5 Å². The van der Waals surface area contributed by atoms with Crippen molar-refractivity contribution in [3.8, 4) is 0 Å². The lowest BCUT2D eigenvalue weighted by Gasteiger charge is -2.32. The molecule has 0 aliphatic carbocycles. The quantitative estimate of drug-likeness (QED) is 0.270. The second-order valence-corrected chi connectivity index (χ2v) is 11.0. The van der Waals surface area contributed by atoms with Crippen molar-refractivity contribution in [1.82, 2.24) is 0 Å². The first-order valence-electron chi connectivity index (χ1n) is 11.0. The first kappa shape index (κ1) is 19.8. The van der Waals surface area contributed by atoms with E-state index in [1.165, 1.54) is 43.4 Å². The fraction of sp³-hybridized carbons (Fsp3) is 0.407. The van der Waals surface area contributed by atoms with Crippen LogP contribution in [0.4, 0.5) is 0 Å². The molecule has 1 aliphatic rings. The predicted octanol–water partition coefficient (Wildman–Crippen LogP) is 6.49. The van der Waals surface area contributed by atoms with Crippen LogP contribution in [-0.2, 0) is 14.7 Å². The van der Waals surface area contributed by atoms with E-state index in [2.05, 4.69) is 97.9 Å². The lowest BCUT2D eigenvalue weighted by molar-refractivity contribution is 0.00578. The molecule has 0 radical (unpaired) electrons. The summed E-state index contributed by atoms with van der Waals surface area (Å²) >= 11 is 0. The summed E-state index contributed by atoms with van der Waals surface area (Å²) in [7, 11) is -0.358. The van der Waals surface area contributed by atoms with Gasteiger partial charge in [0, 0.05) is 0 Å². The van der Waals surface area contributed by atoms with E-state index < -0.39 is 0 Å². The Kier molecular flexibility index (Phi) is 3.96. The predicted molar refractivity (Wildman–Crippen MR) is 129 cm³/mol. The van der Waals surface area contributed by atoms with E-state index in [9.17, 15) is 0 Å². The van der Waals surface area contributed by atoms with Crippen LogP contribution >= 0.6 is 0 Å². The number of benzene rings is 4. The molecule has 0 aromatic heterocycles. The van der Waals surface area contributed by atoms with Crippen molar-refractivity contribution < 1.29 is 9.31 Å². The molecule has 0 saturated carbocycles. The maximum atomic E-state index is 6.44. The van der Waals surface area contributed by atoms with Crippen LogP contribution in [0.25, 0.3) is 32.3 Å². The molecule has 1 aliphatic heterocycles. The molecular formula is C27H31BO2. The van der Waals surface area contributed by atoms with Gasteiger partial charge < -0.3 is 9.31 Å². The molecular weight excluding hydrogens is 367 g/mol. The van der Waals surface area contributed by atoms with Crippen molar-refractivity contribution in [3.05, 3.63) is 53.6 Å². The summed E-state index contributed by atoms with van der Waals surface area (Å²) in [4.78, 5) is 0. The topological polar surface area (TPSA) is 18.5 Å². The molecule has 3 heteroatoms. The molecule has 30 heavy (non-hydrogen) atoms. The largest absolute Gasteiger partial charge is 0.495 e. The highest BCUT2D eigenvalue weighted by Gasteiger charge is 2.52. The molecule has 4 aromatic rings. The summed E-state index contributed by atoms with van der Waals surface area (Å²) in [5.74, 6) is 0. The molecule has 1 saturated heterocycles. The van der Waals surface area contributed by atoms with Crippen LogP contribution < -0.4 is 5.46 Å². The fourth-order valence-electron chi connectivity index (χ4n) is 4.72. The second-order valence-electron chi connectivity index (χ2n) is 11.0. The van der Waals surface area contributed by atoms with Gasteiger partial charge in [0.05, 0.1) is 11.2 Å². The van der Waals surface area contributed by atoms with E-state index in [1.54, 1.807) is 0 Å². The Morgan fingerprint density at radius 2 is 1.27 bits per heavy atom. The van der Waals surface area contributed by atoms with E-state index in [0.29, 0.717) is 0 Å². The number of hydrogen-bond acceptors (Lipinski definition) is 2. The van der Waals surface area contributed by atoms with Crippen LogP contribution in [-0.4, -0.2) is 18.3 Å². The van der Waals surface area contributed by atoms with Gasteiger partial charge in [-0.25, -0.2) is 0 Å². The van der Waals surface area contributed by atoms with Crippen LogP contribution in [0.3, 0.4) is 0 Å². The molecule has 1 heterocycles. The second kappa shape index (κ2) is 5.99. The summed E-state index contributed by atoms with van der Waals surface area (Å²) in [5.41, 5.74) is 3.19. The zero-order valence-electron chi connectivity index (χ0n) is 19.4. The number of rotatable bonds is 1. The molecule has 4 aromatic carbocycles. The summed E-state index contributed by atoms with van der Waals surface area (Å²) < 4.78 is 12.9. The van der Waals surface area contributed by atoms with E-state index in [4.69, 9.17) is 9.31 Å². The minimum atomic E-state index is -0.358. The lowest BCUT2D eigenvalue weighted by atomic mass is 9.73. The van der Waals surface area contributed by atoms with Crippen LogP contribution in [0.1, 0.15) is 59.6 Å². The molecule has 0 unspecified atom stereocenters. The average molecular weight is 398 g/mol. The summed E-state index contributed by atoms with van der Waals surface area (Å²) in [5, 5.41) is 7.83. The van der Waals surface area contributed by atoms with Crippen molar-refractivity contribution in [2.45, 2.75) is 72.0 Å². The van der Waals surface area contributed by atoms with Gasteiger partial charge in [0.15, 0.2) is 0 Å². The van der Waals surface area contributed by atoms with Crippen molar-refractivity contribution in [2.24, 2.45) is 0 Å². The SMILES string of the molecule is Cc1cc(B2OC(C)(C)C(C)(C)O2)c2ccc3cc(C(C)(C)C)cc4ccc1c2c43. The van der Waals surface area contributed by atoms with E-state index in [1.807, 2.05) is 0 Å². The van der Waals surface area contributed by atoms with E-state index in [0.717, 1.165) is 5.46 Å². The fourth-order valence-corrected chi connectivity index (χ4v) is 4.72. The van der Waals surface area contributed by atoms with Crippen molar-refractivity contribution >= 4 is 44.9 Å². The summed E-state index contributed by atoms with van der Waals surface area (Å²) in [6.07, 6.45) is 0. The Bertz CT molecular complexity index is 1260. The Labute approximate surface area is 180 Å². The Morgan fingerprint density at radius 3 is 1.80 bits per heavy atom. The summed E-state index contributed by atoms with van der Waals surface area (Å²) in [6.45, 7) is 17.5. The monoisotopic (exact) mass is 398 g/mol. The van der Waals surface area contributed by atoms with Crippen LogP contribution in [0.5, 0.6) is 0 Å². The van der Waals surface area contributed by atoms with Crippen LogP contribution in [0, 0.1) is 6.92 Å². The number of hydrogen-bond donors (Lipinski definition) is 0. The third-order valence-electron chi connectivity index (χ3n) is 7.33. The maximum Gasteiger partial charge on any atom is 0.495 e. The van der Waals surface area contributed by atoms with Gasteiger partial charge in [0.2, 0.25) is 0 Å². The van der Waals surface area contributed by atoms with Crippen molar-refractivity contribution in [3.63, 3.8) is 0 Å². The minimum absolute atomic E-state index is 0.119. The highest BCUT2D eigenvalue weighted by atomic mass is 16.7. The Hall–Kier alpha value is -2.10. The molecule has 0 amide bonds. The Morgan fingerprint density at radius 1 is 0.733 bits per heavy atom. The first-order valence-corrected chi connectivity index (χ1v) is 11.0. The third-order valence-corrected chi connectivity index (χ3v) is 7.33. The molecule has 0 N–H and O–H groups in total. The van der Waals surface area contributed by atoms with Gasteiger partial charge in [-0.15, -0.1) is 0 Å². The standard InChI is InChI=1S/C27H31BO2/c1-16-13-22(28-29-26(5,6)27(7,8)30-28)21-12-10-18-15-19(25(2,3)4)14-17-9-11-20(16)24(21)23(17)18/h9-15H,1-8H3. The smallest absolute Gasteiger partial charge is 0.399 e. The normalized spacial score (nSPS) is 18.9. The zero-order chi connectivity index (χ0) is 21.6. The highest BCUT2D eigenvalue weighted by molar-refractivity contribution is 6.65. The van der Waals surface area contributed by atoms with Crippen LogP contribution in [0.2, 0.25) is 0 Å². The molecule has 0 atom stereocenters. The van der Waals surface area contributed by atoms with Gasteiger partial charge in [-0.3, -0.25) is 0 Å². The average Bonchev–Trinajstić information content (AvgIpc) is 2.86. The molecule has 0 bridgehead atoms. The molecule has 5 rings (SSSR count). The van der Waals surface area contributed by atoms with Gasteiger partial charge in [0.25, 0.3) is 0 Å². The van der Waals surface area contributed by atoms with Gasteiger partial charge in [-0.1, -0.05) is 63.2 Å². The van der Waals surface area contributed by atoms with Gasteiger partial charge in [0.1, 0.15) is 0 Å². The minimum Gasteiger partial charge on any atom is -0.399 e. The van der Waals surface area contributed by atoms with E-state index in [-0.39, 0.29) is 23.7 Å². The highest BCUT2D eigenvalue weighted by Crippen LogP contribution is 2.40. The van der Waals surface area contributed by atoms with Gasteiger partial charge >= 0.3 is 7.12 Å². The van der Waals surface area contributed by atoms with Gasteiger partial charge in [-0.05, 0) is 88.9 Å². The third kappa shape index (κ3) is 2.72. The lowest BCUT2D eigenvalue weighted by Crippen LogP contribution is -2.41. The van der Waals surface area contributed by atoms with Crippen molar-refractivity contribution in [2.75, 3.05) is 0 Å². The zero-order valence-corrected chi connectivity index (χ0v) is 19.4. The maximum absolute atomic E-state index is 6.44. The van der Waals surface area contributed by atoms with E-state index >= 15 is 0 Å². The summed E-state index contributed by atoms with van der Waals surface area (Å²) in [6, 6.07) is 16.1. The van der Waals surface area contributed by atoms with Gasteiger partial charge in [-0.2, -0.15) is 0 Å². The Balaban J connectivity index is 1.82. The first-order chi connectivity index (χ1) is 13.9. The molecule has 0 spiro atoms.